The Balaban J connectivity index is 0.00000200. The molecule has 0 aliphatic heterocycles. The molecule has 2 N–H and O–H groups in total. The fraction of sp³-hybridized carbons (Fsp3) is 0.0714. The number of nitrogens with zero attached hydrogens (tertiary/aromatic N) is 2. The maximum atomic E-state index is 12.1. The predicted molar refractivity (Wildman–Crippen MR) is 68.5 cm³/mol. The van der Waals surface area contributed by atoms with Crippen molar-refractivity contribution in [2.24, 2.45) is 5.16 Å². The number of hydrogen-bond donors (Lipinski definition) is 2. The quantitative estimate of drug-likeness (QED) is 0.231. The van der Waals surface area contributed by atoms with E-state index in [2.05, 4.69) is 5.16 Å². The number of pyridine rings is 1. The van der Waals surface area contributed by atoms with Gasteiger partial charge in [0.2, 0.25) is 18.0 Å². The van der Waals surface area contributed by atoms with Crippen molar-refractivity contribution in [1.29, 1.82) is 0 Å². The monoisotopic (exact) mass is 336 g/mol. The van der Waals surface area contributed by atoms with Crippen molar-refractivity contribution in [3.8, 4) is 5.75 Å². The molecule has 2 aromatic rings. The average Bonchev–Trinajstić information content (AvgIpc) is 2.41. The Morgan fingerprint density at radius 2 is 1.90 bits per heavy atom. The summed E-state index contributed by atoms with van der Waals surface area (Å²) in [4.78, 5) is 12.1. The molecule has 0 bridgehead atoms. The fourth-order valence-corrected chi connectivity index (χ4v) is 1.76. The van der Waals surface area contributed by atoms with Gasteiger partial charge in [-0.2, -0.15) is 4.57 Å². The lowest BCUT2D eigenvalue weighted by Gasteiger charge is -2.02. The molecule has 104 valence electrons. The zero-order valence-corrected chi connectivity index (χ0v) is 12.1. The van der Waals surface area contributed by atoms with Crippen LogP contribution in [-0.2, 0) is 6.54 Å². The molecule has 0 amide bonds. The van der Waals surface area contributed by atoms with Gasteiger partial charge in [0, 0.05) is 12.1 Å². The van der Waals surface area contributed by atoms with E-state index >= 15 is 0 Å². The summed E-state index contributed by atoms with van der Waals surface area (Å²) in [5, 5.41) is 21.2. The number of carbonyl (C=O) groups is 1. The number of hydrogen-bond acceptors (Lipinski definition) is 4. The van der Waals surface area contributed by atoms with Crippen molar-refractivity contribution in [3.05, 3.63) is 59.9 Å². The van der Waals surface area contributed by atoms with Crippen LogP contribution in [-0.4, -0.2) is 22.3 Å². The van der Waals surface area contributed by atoms with Gasteiger partial charge in [0.1, 0.15) is 12.0 Å². The molecule has 0 spiro atoms. The van der Waals surface area contributed by atoms with E-state index in [0.29, 0.717) is 5.69 Å². The molecule has 1 heterocycles. The minimum absolute atomic E-state index is 0. The van der Waals surface area contributed by atoms with Crippen molar-refractivity contribution in [2.45, 2.75) is 6.54 Å². The number of benzene rings is 1. The molecule has 0 aliphatic rings. The van der Waals surface area contributed by atoms with Crippen LogP contribution >= 0.6 is 0 Å². The Morgan fingerprint density at radius 3 is 2.60 bits per heavy atom. The third-order valence-corrected chi connectivity index (χ3v) is 2.68. The number of Topliss-reactive ketones (excluding diaryl/α,β-unsaturated/α-hetero) is 1. The molecular formula is C14H13BrN2O3. The average molecular weight is 337 g/mol. The first kappa shape index (κ1) is 15.8. The summed E-state index contributed by atoms with van der Waals surface area (Å²) in [7, 11) is 0. The topological polar surface area (TPSA) is 73.8 Å². The highest BCUT2D eigenvalue weighted by Crippen LogP contribution is 2.15. The molecule has 0 unspecified atom stereocenters. The first-order chi connectivity index (χ1) is 9.22. The predicted octanol–water partition coefficient (Wildman–Crippen LogP) is -1.63. The van der Waals surface area contributed by atoms with Gasteiger partial charge in [-0.15, -0.1) is 0 Å². The second-order valence-electron chi connectivity index (χ2n) is 3.94. The summed E-state index contributed by atoms with van der Waals surface area (Å²) >= 11 is 0. The highest BCUT2D eigenvalue weighted by atomic mass is 79.9. The van der Waals surface area contributed by atoms with Crippen LogP contribution in [0, 0.1) is 0 Å². The number of carbonyl (C=O) groups excluding carboxylic acids is 1. The number of para-hydroxylation sites is 1. The number of phenols is 1. The molecule has 5 nitrogen and oxygen atoms in total. The number of halogens is 1. The molecule has 0 fully saturated rings. The highest BCUT2D eigenvalue weighted by Gasteiger charge is 2.17. The Bertz CT molecular complexity index is 629. The Labute approximate surface area is 126 Å². The smallest absolute Gasteiger partial charge is 0.231 e. The van der Waals surface area contributed by atoms with Crippen LogP contribution in [0.2, 0.25) is 0 Å². The van der Waals surface area contributed by atoms with E-state index in [-0.39, 0.29) is 40.6 Å². The fourth-order valence-electron chi connectivity index (χ4n) is 1.76. The summed E-state index contributed by atoms with van der Waals surface area (Å²) in [6.45, 7) is 0.0553. The van der Waals surface area contributed by atoms with Crippen molar-refractivity contribution in [2.75, 3.05) is 0 Å². The van der Waals surface area contributed by atoms with Crippen LogP contribution in [0.25, 0.3) is 0 Å². The van der Waals surface area contributed by atoms with E-state index in [1.54, 1.807) is 47.2 Å². The zero-order chi connectivity index (χ0) is 13.7. The maximum Gasteiger partial charge on any atom is 0.231 e. The molecule has 20 heavy (non-hydrogen) atoms. The van der Waals surface area contributed by atoms with Crippen LogP contribution < -0.4 is 21.5 Å². The van der Waals surface area contributed by atoms with E-state index in [0.717, 1.165) is 0 Å². The van der Waals surface area contributed by atoms with Gasteiger partial charge in [-0.25, -0.2) is 0 Å². The van der Waals surface area contributed by atoms with Crippen LogP contribution in [0.1, 0.15) is 16.1 Å². The van der Waals surface area contributed by atoms with Crippen molar-refractivity contribution >= 4 is 12.0 Å². The molecule has 0 aliphatic carbocycles. The van der Waals surface area contributed by atoms with Crippen LogP contribution in [0.3, 0.4) is 0 Å². The summed E-state index contributed by atoms with van der Waals surface area (Å²) in [5.41, 5.74) is 0.861. The first-order valence-electron chi connectivity index (χ1n) is 5.69. The van der Waals surface area contributed by atoms with Gasteiger partial charge >= 0.3 is 0 Å². The van der Waals surface area contributed by atoms with E-state index in [1.165, 1.54) is 12.3 Å². The van der Waals surface area contributed by atoms with Gasteiger partial charge in [-0.1, -0.05) is 17.3 Å². The summed E-state index contributed by atoms with van der Waals surface area (Å²) < 4.78 is 1.63. The van der Waals surface area contributed by atoms with Crippen LogP contribution in [0.5, 0.6) is 5.75 Å². The SMILES string of the molecule is O=C(C[n+]1ccccc1C=NO)c1ccccc1O.[Br-]. The van der Waals surface area contributed by atoms with Crippen molar-refractivity contribution in [3.63, 3.8) is 0 Å². The molecule has 1 aromatic carbocycles. The second kappa shape index (κ2) is 7.40. The largest absolute Gasteiger partial charge is 1.00 e. The number of phenolic OH excluding ortho intramolecular Hbond substituents is 1. The van der Waals surface area contributed by atoms with E-state index < -0.39 is 0 Å². The van der Waals surface area contributed by atoms with Crippen molar-refractivity contribution in [1.82, 2.24) is 0 Å². The number of rotatable bonds is 4. The number of aromatic nitrogens is 1. The van der Waals surface area contributed by atoms with Gasteiger partial charge in [0.15, 0.2) is 6.20 Å². The lowest BCUT2D eigenvalue weighted by atomic mass is 10.1. The Morgan fingerprint density at radius 1 is 1.20 bits per heavy atom. The van der Waals surface area contributed by atoms with Gasteiger partial charge in [0.05, 0.1) is 5.56 Å². The van der Waals surface area contributed by atoms with E-state index in [4.69, 9.17) is 5.21 Å². The van der Waals surface area contributed by atoms with Gasteiger partial charge < -0.3 is 27.3 Å². The zero-order valence-electron chi connectivity index (χ0n) is 10.5. The normalized spacial score (nSPS) is 10.2. The minimum Gasteiger partial charge on any atom is -1.00 e. The number of aromatic hydroxyl groups is 1. The molecule has 6 heteroatoms. The third kappa shape index (κ3) is 3.64. The van der Waals surface area contributed by atoms with Gasteiger partial charge in [0.25, 0.3) is 0 Å². The maximum absolute atomic E-state index is 12.1. The molecule has 1 aromatic heterocycles. The molecular weight excluding hydrogens is 324 g/mol. The minimum atomic E-state index is -0.220. The first-order valence-corrected chi connectivity index (χ1v) is 5.69. The highest BCUT2D eigenvalue weighted by molar-refractivity contribution is 5.97. The number of ketones is 1. The molecule has 0 radical (unpaired) electrons. The van der Waals surface area contributed by atoms with Gasteiger partial charge in [-0.3, -0.25) is 4.79 Å². The summed E-state index contributed by atoms with van der Waals surface area (Å²) in [6.07, 6.45) is 2.95. The summed E-state index contributed by atoms with van der Waals surface area (Å²) in [6, 6.07) is 11.7. The van der Waals surface area contributed by atoms with Crippen molar-refractivity contribution < 1.29 is 36.7 Å². The lowest BCUT2D eigenvalue weighted by molar-refractivity contribution is -0.684. The lowest BCUT2D eigenvalue weighted by Crippen LogP contribution is -3.00. The number of oxime groups is 1. The third-order valence-electron chi connectivity index (χ3n) is 2.68. The van der Waals surface area contributed by atoms with Gasteiger partial charge in [-0.05, 0) is 18.2 Å². The second-order valence-corrected chi connectivity index (χ2v) is 3.94. The Hall–Kier alpha value is -2.21. The molecule has 2 rings (SSSR count). The Kier molecular flexibility index (Phi) is 5.86. The molecule has 0 saturated carbocycles. The van der Waals surface area contributed by atoms with Crippen LogP contribution in [0.4, 0.5) is 0 Å². The van der Waals surface area contributed by atoms with E-state index in [9.17, 15) is 9.90 Å². The van der Waals surface area contributed by atoms with E-state index in [1.807, 2.05) is 0 Å². The molecule has 0 atom stereocenters. The standard InChI is InChI=1S/C14H12N2O3.BrH/c17-13-7-2-1-6-12(13)14(18)10-16-8-4-3-5-11(16)9-15-19;/h1-9H,10H2,(H,17,18);1H. The molecule has 0 saturated heterocycles. The summed E-state index contributed by atoms with van der Waals surface area (Å²) in [5.74, 6) is -0.261. The van der Waals surface area contributed by atoms with Crippen LogP contribution in [0.15, 0.2) is 53.8 Å².